The van der Waals surface area contributed by atoms with Crippen molar-refractivity contribution in [3.8, 4) is 0 Å². The number of hydrogen-bond donors (Lipinski definition) is 2. The number of rotatable bonds is 8. The second kappa shape index (κ2) is 11.7. The van der Waals surface area contributed by atoms with E-state index >= 15 is 0 Å². The van der Waals surface area contributed by atoms with Crippen LogP contribution < -0.4 is 10.7 Å². The molecule has 10 heteroatoms. The molecule has 7 nitrogen and oxygen atoms in total. The van der Waals surface area contributed by atoms with E-state index in [4.69, 9.17) is 0 Å². The number of carbonyl (C=O) groups excluding carboxylic acids is 3. The molecule has 1 atom stereocenters. The molecule has 3 rings (SSSR count). The van der Waals surface area contributed by atoms with Crippen molar-refractivity contribution in [1.29, 1.82) is 0 Å². The molecule has 1 fully saturated rings. The summed E-state index contributed by atoms with van der Waals surface area (Å²) in [6, 6.07) is 14.0. The molecule has 1 heterocycles. The summed E-state index contributed by atoms with van der Waals surface area (Å²) < 4.78 is 13.9. The molecule has 0 saturated carbocycles. The highest BCUT2D eigenvalue weighted by Gasteiger charge is 2.31. The Hall–Kier alpha value is -3.11. The van der Waals surface area contributed by atoms with Crippen LogP contribution in [0.1, 0.15) is 22.3 Å². The summed E-state index contributed by atoms with van der Waals surface area (Å²) in [5.74, 6) is -0.985. The molecule has 33 heavy (non-hydrogen) atoms. The number of thioether (sulfide) groups is 2. The lowest BCUT2D eigenvalue weighted by molar-refractivity contribution is -0.123. The molecule has 3 amide bonds. The molecule has 172 valence electrons. The second-order valence-corrected chi connectivity index (χ2v) is 9.04. The first-order chi connectivity index (χ1) is 15.9. The first kappa shape index (κ1) is 24.5. The number of hydrazone groups is 1. The Balaban J connectivity index is 1.70. The van der Waals surface area contributed by atoms with Gasteiger partial charge < -0.3 is 5.32 Å². The fourth-order valence-electron chi connectivity index (χ4n) is 2.90. The third kappa shape index (κ3) is 6.45. The van der Waals surface area contributed by atoms with Gasteiger partial charge in [-0.25, -0.2) is 9.82 Å². The Morgan fingerprint density at radius 2 is 1.88 bits per heavy atom. The van der Waals surface area contributed by atoms with Crippen LogP contribution in [0, 0.1) is 5.82 Å². The summed E-state index contributed by atoms with van der Waals surface area (Å²) in [7, 11) is 1.52. The number of halogens is 1. The normalized spacial score (nSPS) is 16.8. The maximum Gasteiger partial charge on any atom is 0.266 e. The van der Waals surface area contributed by atoms with Crippen LogP contribution in [-0.2, 0) is 9.59 Å². The molecule has 1 aliphatic heterocycles. The summed E-state index contributed by atoms with van der Waals surface area (Å²) in [5.41, 5.74) is 3.18. The zero-order valence-electron chi connectivity index (χ0n) is 18.1. The molecule has 2 aromatic rings. The minimum absolute atomic E-state index is 0.244. The lowest BCUT2D eigenvalue weighted by Crippen LogP contribution is -2.46. The van der Waals surface area contributed by atoms with Gasteiger partial charge in [-0.3, -0.25) is 19.3 Å². The molecule has 0 radical (unpaired) electrons. The predicted molar refractivity (Wildman–Crippen MR) is 131 cm³/mol. The zero-order chi connectivity index (χ0) is 23.8. The maximum absolute atomic E-state index is 13.9. The second-order valence-electron chi connectivity index (χ2n) is 7.04. The van der Waals surface area contributed by atoms with E-state index in [9.17, 15) is 18.8 Å². The molecule has 0 aromatic heterocycles. The van der Waals surface area contributed by atoms with Gasteiger partial charge in [0.1, 0.15) is 11.9 Å². The molecule has 0 aliphatic carbocycles. The number of carbonyl (C=O) groups is 3. The van der Waals surface area contributed by atoms with Crippen molar-refractivity contribution in [2.75, 3.05) is 19.1 Å². The molecule has 2 aromatic carbocycles. The van der Waals surface area contributed by atoms with Gasteiger partial charge in [0.25, 0.3) is 17.7 Å². The van der Waals surface area contributed by atoms with E-state index in [1.54, 1.807) is 60.3 Å². The highest BCUT2D eigenvalue weighted by molar-refractivity contribution is 8.18. The smallest absolute Gasteiger partial charge is 0.266 e. The average Bonchev–Trinajstić information content (AvgIpc) is 3.09. The fraction of sp³-hybridized carbons (Fsp3) is 0.217. The van der Waals surface area contributed by atoms with Gasteiger partial charge in [0.05, 0.1) is 4.91 Å². The highest BCUT2D eigenvalue weighted by Crippen LogP contribution is 2.31. The number of amides is 3. The van der Waals surface area contributed by atoms with Gasteiger partial charge in [0.15, 0.2) is 5.17 Å². The fourth-order valence-corrected chi connectivity index (χ4v) is 4.29. The van der Waals surface area contributed by atoms with Crippen molar-refractivity contribution in [2.45, 2.75) is 12.5 Å². The van der Waals surface area contributed by atoms with Crippen molar-refractivity contribution in [2.24, 2.45) is 5.10 Å². The minimum atomic E-state index is -0.796. The molecular weight excluding hydrogens is 463 g/mol. The van der Waals surface area contributed by atoms with Crippen molar-refractivity contribution in [3.63, 3.8) is 0 Å². The van der Waals surface area contributed by atoms with E-state index in [0.717, 1.165) is 11.8 Å². The standard InChI is InChI=1S/C23H23FN4O3S2/c1-28-22(31)19(14-16-10-6-7-11-17(16)24)33-23(28)27-26-21(30)18(12-13-32-2)25-20(29)15-8-4-3-5-9-15/h3-11,14,18H,12-13H2,1-2H3,(H,25,29)(H,26,30)/b19-14+,27-23-. The summed E-state index contributed by atoms with van der Waals surface area (Å²) in [6.45, 7) is 0. The van der Waals surface area contributed by atoms with Crippen LogP contribution in [0.2, 0.25) is 0 Å². The molecule has 1 unspecified atom stereocenters. The molecule has 1 aliphatic rings. The predicted octanol–water partition coefficient (Wildman–Crippen LogP) is 3.31. The lowest BCUT2D eigenvalue weighted by atomic mass is 10.1. The van der Waals surface area contributed by atoms with Crippen LogP contribution in [0.3, 0.4) is 0 Å². The van der Waals surface area contributed by atoms with E-state index in [1.165, 1.54) is 24.1 Å². The van der Waals surface area contributed by atoms with Gasteiger partial charge in [-0.2, -0.15) is 11.8 Å². The summed E-state index contributed by atoms with van der Waals surface area (Å²) in [4.78, 5) is 39.3. The molecule has 0 bridgehead atoms. The SMILES string of the molecule is CSCCC(NC(=O)c1ccccc1)C(=O)N/N=C1\S/C(=C/c2ccccc2F)C(=O)N1C. The first-order valence-electron chi connectivity index (χ1n) is 10.0. The Morgan fingerprint density at radius 3 is 2.58 bits per heavy atom. The van der Waals surface area contributed by atoms with E-state index in [-0.39, 0.29) is 27.5 Å². The number of nitrogens with zero attached hydrogens (tertiary/aromatic N) is 2. The zero-order valence-corrected chi connectivity index (χ0v) is 19.7. The van der Waals surface area contributed by atoms with Gasteiger partial charge in [0, 0.05) is 18.2 Å². The summed E-state index contributed by atoms with van der Waals surface area (Å²) in [5, 5.41) is 7.05. The van der Waals surface area contributed by atoms with Gasteiger partial charge in [-0.05, 0) is 54.5 Å². The maximum atomic E-state index is 13.9. The number of benzene rings is 2. The van der Waals surface area contributed by atoms with Gasteiger partial charge >= 0.3 is 0 Å². The molecule has 0 spiro atoms. The van der Waals surface area contributed by atoms with Crippen molar-refractivity contribution in [1.82, 2.24) is 15.6 Å². The van der Waals surface area contributed by atoms with Crippen molar-refractivity contribution in [3.05, 3.63) is 76.4 Å². The summed E-state index contributed by atoms with van der Waals surface area (Å²) in [6.07, 6.45) is 3.77. The number of likely N-dealkylation sites (N-methyl/N-ethyl adjacent to an activating group) is 1. The van der Waals surface area contributed by atoms with Crippen molar-refractivity contribution < 1.29 is 18.8 Å². The first-order valence-corrected chi connectivity index (χ1v) is 12.3. The quantitative estimate of drug-likeness (QED) is 0.441. The third-order valence-electron chi connectivity index (χ3n) is 4.73. The topological polar surface area (TPSA) is 90.9 Å². The average molecular weight is 487 g/mol. The van der Waals surface area contributed by atoms with Crippen LogP contribution >= 0.6 is 23.5 Å². The Labute approximate surface area is 199 Å². The van der Waals surface area contributed by atoms with E-state index in [1.807, 2.05) is 6.26 Å². The Morgan fingerprint density at radius 1 is 1.18 bits per heavy atom. The minimum Gasteiger partial charge on any atom is -0.340 e. The summed E-state index contributed by atoms with van der Waals surface area (Å²) >= 11 is 2.58. The largest absolute Gasteiger partial charge is 0.340 e. The number of hydrogen-bond acceptors (Lipinski definition) is 6. The van der Waals surface area contributed by atoms with Gasteiger partial charge in [-0.1, -0.05) is 36.4 Å². The van der Waals surface area contributed by atoms with E-state index < -0.39 is 17.8 Å². The van der Waals surface area contributed by atoms with Crippen LogP contribution in [0.15, 0.2) is 64.6 Å². The molecular formula is C23H23FN4O3S2. The third-order valence-corrected chi connectivity index (χ3v) is 6.43. The van der Waals surface area contributed by atoms with Crippen LogP contribution in [0.25, 0.3) is 6.08 Å². The monoisotopic (exact) mass is 486 g/mol. The van der Waals surface area contributed by atoms with Crippen molar-refractivity contribution >= 4 is 52.5 Å². The molecule has 1 saturated heterocycles. The van der Waals surface area contributed by atoms with Gasteiger partial charge in [0.2, 0.25) is 0 Å². The van der Waals surface area contributed by atoms with Crippen LogP contribution in [0.4, 0.5) is 4.39 Å². The van der Waals surface area contributed by atoms with E-state index in [2.05, 4.69) is 15.8 Å². The Kier molecular flexibility index (Phi) is 8.67. The molecule has 2 N–H and O–H groups in total. The van der Waals surface area contributed by atoms with Crippen LogP contribution in [-0.4, -0.2) is 52.9 Å². The van der Waals surface area contributed by atoms with Gasteiger partial charge in [-0.15, -0.1) is 5.10 Å². The van der Waals surface area contributed by atoms with Crippen LogP contribution in [0.5, 0.6) is 0 Å². The Bertz CT molecular complexity index is 1090. The highest BCUT2D eigenvalue weighted by atomic mass is 32.2. The lowest BCUT2D eigenvalue weighted by Gasteiger charge is -2.17. The van der Waals surface area contributed by atoms with E-state index in [0.29, 0.717) is 17.7 Å². The number of nitrogens with one attached hydrogen (secondary N) is 2. The number of amidine groups is 1.